The van der Waals surface area contributed by atoms with Crippen LogP contribution < -0.4 is 21.3 Å². The molecule has 2 aliphatic heterocycles. The lowest BCUT2D eigenvalue weighted by Crippen LogP contribution is -2.55. The number of ether oxygens (including phenoxy) is 2. The number of likely N-dealkylation sites (tertiary alicyclic amines) is 2. The van der Waals surface area contributed by atoms with Gasteiger partial charge in [-0.3, -0.25) is 24.0 Å². The molecule has 0 radical (unpaired) electrons. The van der Waals surface area contributed by atoms with E-state index in [2.05, 4.69) is 26.0 Å². The van der Waals surface area contributed by atoms with Crippen molar-refractivity contribution in [3.63, 3.8) is 0 Å². The predicted octanol–water partition coefficient (Wildman–Crippen LogP) is -0.807. The standard InChI is InChI=1S/C29H40N6O9/c1-18(25(38)30-15-23(36)34-13-8-12-22(34)27(40)33-19(2)28(41)43-3)32-26(39)21-11-7-14-35(21)24(37)16-31-29(42)44-17-20-9-5-4-6-10-20/h4-6,9-10,18-19,21-22H,7-8,11-17H2,1-3H3,(H,30,38)(H,31,42)(H,32,39)(H,33,40)/t18-,19-,21+,22-/m0/s1. The first-order valence-electron chi connectivity index (χ1n) is 14.5. The second-order valence-corrected chi connectivity index (χ2v) is 10.6. The molecular weight excluding hydrogens is 576 g/mol. The maximum atomic E-state index is 12.9. The van der Waals surface area contributed by atoms with E-state index in [1.807, 2.05) is 18.2 Å². The van der Waals surface area contributed by atoms with Gasteiger partial charge in [-0.2, -0.15) is 0 Å². The van der Waals surface area contributed by atoms with Gasteiger partial charge in [0.1, 0.15) is 37.3 Å². The summed E-state index contributed by atoms with van der Waals surface area (Å²) in [6, 6.07) is 5.56. The number of esters is 1. The lowest BCUT2D eigenvalue weighted by molar-refractivity contribution is -0.146. The Morgan fingerprint density at radius 2 is 1.32 bits per heavy atom. The van der Waals surface area contributed by atoms with Crippen LogP contribution in [-0.2, 0) is 44.8 Å². The highest BCUT2D eigenvalue weighted by Gasteiger charge is 2.37. The Morgan fingerprint density at radius 1 is 0.795 bits per heavy atom. The van der Waals surface area contributed by atoms with Crippen LogP contribution in [0.3, 0.4) is 0 Å². The van der Waals surface area contributed by atoms with Gasteiger partial charge in [-0.05, 0) is 45.1 Å². The zero-order valence-electron chi connectivity index (χ0n) is 25.1. The minimum Gasteiger partial charge on any atom is -0.467 e. The number of hydrogen-bond donors (Lipinski definition) is 4. The molecule has 4 N–H and O–H groups in total. The summed E-state index contributed by atoms with van der Waals surface area (Å²) in [5.74, 6) is -3.21. The molecule has 2 aliphatic rings. The van der Waals surface area contributed by atoms with Gasteiger partial charge in [-0.25, -0.2) is 9.59 Å². The smallest absolute Gasteiger partial charge is 0.407 e. The molecule has 0 bridgehead atoms. The molecule has 6 amide bonds. The number of methoxy groups -OCH3 is 1. The molecule has 0 aromatic heterocycles. The van der Waals surface area contributed by atoms with Gasteiger partial charge in [0.15, 0.2) is 0 Å². The fourth-order valence-corrected chi connectivity index (χ4v) is 5.04. The minimum atomic E-state index is -1.02. The molecule has 2 heterocycles. The zero-order chi connectivity index (χ0) is 32.2. The fourth-order valence-electron chi connectivity index (χ4n) is 5.04. The van der Waals surface area contributed by atoms with E-state index >= 15 is 0 Å². The Morgan fingerprint density at radius 3 is 1.86 bits per heavy atom. The Balaban J connectivity index is 1.42. The topological polar surface area (TPSA) is 193 Å². The second-order valence-electron chi connectivity index (χ2n) is 10.6. The highest BCUT2D eigenvalue weighted by molar-refractivity contribution is 5.95. The maximum Gasteiger partial charge on any atom is 0.407 e. The third kappa shape index (κ3) is 9.41. The van der Waals surface area contributed by atoms with Crippen LogP contribution in [0.1, 0.15) is 45.1 Å². The van der Waals surface area contributed by atoms with Crippen LogP contribution in [0.5, 0.6) is 0 Å². The van der Waals surface area contributed by atoms with E-state index in [-0.39, 0.29) is 13.2 Å². The molecule has 4 atom stereocenters. The van der Waals surface area contributed by atoms with Gasteiger partial charge in [0, 0.05) is 13.1 Å². The molecule has 0 saturated carbocycles. The second kappa shape index (κ2) is 16.2. The van der Waals surface area contributed by atoms with Crippen LogP contribution in [0, 0.1) is 0 Å². The molecule has 15 heteroatoms. The first kappa shape index (κ1) is 33.8. The van der Waals surface area contributed by atoms with Gasteiger partial charge in [0.2, 0.25) is 29.5 Å². The van der Waals surface area contributed by atoms with E-state index in [4.69, 9.17) is 4.74 Å². The summed E-state index contributed by atoms with van der Waals surface area (Å²) in [6.45, 7) is 2.85. The maximum absolute atomic E-state index is 12.9. The Hall–Kier alpha value is -4.69. The van der Waals surface area contributed by atoms with Crippen LogP contribution >= 0.6 is 0 Å². The summed E-state index contributed by atoms with van der Waals surface area (Å²) in [5.41, 5.74) is 0.794. The number of alkyl carbamates (subject to hydrolysis) is 1. The van der Waals surface area contributed by atoms with Crippen LogP contribution in [0.4, 0.5) is 4.79 Å². The molecule has 15 nitrogen and oxygen atoms in total. The number of benzene rings is 1. The van der Waals surface area contributed by atoms with Crippen molar-refractivity contribution in [3.05, 3.63) is 35.9 Å². The molecule has 1 aromatic carbocycles. The van der Waals surface area contributed by atoms with Crippen molar-refractivity contribution in [2.45, 2.75) is 70.3 Å². The van der Waals surface area contributed by atoms with E-state index in [1.165, 1.54) is 30.8 Å². The number of nitrogens with one attached hydrogen (secondary N) is 4. The molecule has 3 rings (SSSR count). The largest absolute Gasteiger partial charge is 0.467 e. The summed E-state index contributed by atoms with van der Waals surface area (Å²) in [5, 5.41) is 9.98. The predicted molar refractivity (Wildman–Crippen MR) is 154 cm³/mol. The van der Waals surface area contributed by atoms with Crippen molar-refractivity contribution in [2.75, 3.05) is 33.3 Å². The Labute approximate surface area is 255 Å². The SMILES string of the molecule is COC(=O)[C@H](C)NC(=O)[C@@H]1CCCN1C(=O)CNC(=O)[C@H](C)NC(=O)[C@H]1CCCN1C(=O)CNC(=O)OCc1ccccc1. The number of carbonyl (C=O) groups is 7. The van der Waals surface area contributed by atoms with Crippen molar-refractivity contribution in [1.29, 1.82) is 0 Å². The highest BCUT2D eigenvalue weighted by atomic mass is 16.5. The molecule has 1 aromatic rings. The van der Waals surface area contributed by atoms with Gasteiger partial charge in [-0.15, -0.1) is 0 Å². The van der Waals surface area contributed by atoms with Gasteiger partial charge in [0.05, 0.1) is 13.7 Å². The van der Waals surface area contributed by atoms with Crippen molar-refractivity contribution >= 4 is 41.6 Å². The van der Waals surface area contributed by atoms with E-state index in [9.17, 15) is 33.6 Å². The third-order valence-corrected chi connectivity index (χ3v) is 7.43. The van der Waals surface area contributed by atoms with Crippen LogP contribution in [0.25, 0.3) is 0 Å². The first-order chi connectivity index (χ1) is 21.0. The molecule has 2 fully saturated rings. The summed E-state index contributed by atoms with van der Waals surface area (Å²) in [6.07, 6.45) is 1.18. The van der Waals surface area contributed by atoms with Gasteiger partial charge in [0.25, 0.3) is 0 Å². The lowest BCUT2D eigenvalue weighted by atomic mass is 10.2. The van der Waals surface area contributed by atoms with Crippen molar-refractivity contribution in [1.82, 2.24) is 31.1 Å². The minimum absolute atomic E-state index is 0.0471. The van der Waals surface area contributed by atoms with Gasteiger partial charge >= 0.3 is 12.1 Å². The average Bonchev–Trinajstić information content (AvgIpc) is 3.72. The third-order valence-electron chi connectivity index (χ3n) is 7.43. The molecule has 2 saturated heterocycles. The van der Waals surface area contributed by atoms with Crippen LogP contribution in [0.2, 0.25) is 0 Å². The average molecular weight is 617 g/mol. The molecule has 44 heavy (non-hydrogen) atoms. The summed E-state index contributed by atoms with van der Waals surface area (Å²) in [7, 11) is 1.21. The normalized spacial score (nSPS) is 18.9. The first-order valence-corrected chi connectivity index (χ1v) is 14.5. The number of amides is 6. The molecule has 0 spiro atoms. The number of hydrogen-bond acceptors (Lipinski definition) is 9. The van der Waals surface area contributed by atoms with E-state index in [0.29, 0.717) is 38.8 Å². The van der Waals surface area contributed by atoms with E-state index < -0.39 is 72.3 Å². The Bertz CT molecular complexity index is 1230. The lowest BCUT2D eigenvalue weighted by Gasteiger charge is -2.26. The summed E-state index contributed by atoms with van der Waals surface area (Å²) >= 11 is 0. The molecule has 0 aliphatic carbocycles. The van der Waals surface area contributed by atoms with Gasteiger partial charge in [-0.1, -0.05) is 30.3 Å². The quantitative estimate of drug-likeness (QED) is 0.218. The van der Waals surface area contributed by atoms with Gasteiger partial charge < -0.3 is 40.5 Å². The number of nitrogens with zero attached hydrogens (tertiary/aromatic N) is 2. The zero-order valence-corrected chi connectivity index (χ0v) is 25.1. The fraction of sp³-hybridized carbons (Fsp3) is 0.552. The van der Waals surface area contributed by atoms with Crippen molar-refractivity contribution in [2.24, 2.45) is 0 Å². The molecular formula is C29H40N6O9. The Kier molecular flexibility index (Phi) is 12.5. The van der Waals surface area contributed by atoms with E-state index in [0.717, 1.165) is 5.56 Å². The summed E-state index contributed by atoms with van der Waals surface area (Å²) in [4.78, 5) is 90.1. The molecule has 240 valence electrons. The number of rotatable bonds is 12. The summed E-state index contributed by atoms with van der Waals surface area (Å²) < 4.78 is 9.71. The molecule has 0 unspecified atom stereocenters. The number of carbonyl (C=O) groups excluding carboxylic acids is 7. The van der Waals surface area contributed by atoms with E-state index in [1.54, 1.807) is 12.1 Å². The van der Waals surface area contributed by atoms with Crippen LogP contribution in [0.15, 0.2) is 30.3 Å². The van der Waals surface area contributed by atoms with Crippen LogP contribution in [-0.4, -0.2) is 109 Å². The van der Waals surface area contributed by atoms with Crippen molar-refractivity contribution in [3.8, 4) is 0 Å². The highest BCUT2D eigenvalue weighted by Crippen LogP contribution is 2.19. The van der Waals surface area contributed by atoms with Crippen molar-refractivity contribution < 1.29 is 43.0 Å². The monoisotopic (exact) mass is 616 g/mol.